The first-order valence-electron chi connectivity index (χ1n) is 7.97. The van der Waals surface area contributed by atoms with Crippen LogP contribution in [-0.2, 0) is 6.18 Å². The van der Waals surface area contributed by atoms with Crippen LogP contribution in [-0.4, -0.2) is 41.3 Å². The lowest BCUT2D eigenvalue weighted by molar-refractivity contribution is -0.137. The maximum atomic E-state index is 12.9. The van der Waals surface area contributed by atoms with Crippen molar-refractivity contribution in [2.24, 2.45) is 0 Å². The van der Waals surface area contributed by atoms with Crippen molar-refractivity contribution >= 4 is 28.1 Å². The maximum Gasteiger partial charge on any atom is 0.416 e. The monoisotopic (exact) mass is 384 g/mol. The number of piperazine rings is 1. The summed E-state index contributed by atoms with van der Waals surface area (Å²) in [4.78, 5) is 20.1. The van der Waals surface area contributed by atoms with Gasteiger partial charge in [-0.05, 0) is 24.6 Å². The van der Waals surface area contributed by atoms with Gasteiger partial charge in [0.05, 0.1) is 17.8 Å². The molecule has 6 nitrogen and oxygen atoms in total. The topological polar surface area (TPSA) is 68.7 Å². The van der Waals surface area contributed by atoms with Crippen LogP contribution in [0.3, 0.4) is 0 Å². The van der Waals surface area contributed by atoms with Crippen LogP contribution in [0.25, 0.3) is 0 Å². The van der Waals surface area contributed by atoms with Crippen molar-refractivity contribution in [3.8, 4) is 0 Å². The average molecular weight is 384 g/mol. The first kappa shape index (κ1) is 17.1. The zero-order valence-electron chi connectivity index (χ0n) is 13.4. The van der Waals surface area contributed by atoms with Gasteiger partial charge in [0.15, 0.2) is 5.13 Å². The van der Waals surface area contributed by atoms with Gasteiger partial charge in [0.2, 0.25) is 0 Å². The number of alkyl halides is 3. The van der Waals surface area contributed by atoms with Crippen LogP contribution in [0.15, 0.2) is 30.5 Å². The van der Waals surface area contributed by atoms with E-state index in [4.69, 9.17) is 5.21 Å². The fraction of sp³-hybridized carbons (Fsp3) is 0.375. The number of carbonyl (C=O) groups is 1. The molecule has 3 heterocycles. The summed E-state index contributed by atoms with van der Waals surface area (Å²) in [5.74, 6) is -0.608. The smallest absolute Gasteiger partial charge is 0.365 e. The maximum absolute atomic E-state index is 12.9. The molecule has 1 aromatic heterocycles. The van der Waals surface area contributed by atoms with Gasteiger partial charge in [-0.2, -0.15) is 13.2 Å². The molecule has 0 aliphatic carbocycles. The molecule has 2 bridgehead atoms. The Balaban J connectivity index is 1.50. The average Bonchev–Trinajstić information content (AvgIpc) is 3.35. The molecule has 0 saturated carbocycles. The van der Waals surface area contributed by atoms with Crippen molar-refractivity contribution in [1.82, 2.24) is 10.5 Å². The zero-order valence-corrected chi connectivity index (χ0v) is 14.2. The number of anilines is 2. The lowest BCUT2D eigenvalue weighted by Crippen LogP contribution is -2.46. The van der Waals surface area contributed by atoms with Gasteiger partial charge < -0.3 is 9.80 Å². The molecule has 2 aliphatic rings. The number of aromatic nitrogens is 1. The highest BCUT2D eigenvalue weighted by atomic mass is 32.1. The lowest BCUT2D eigenvalue weighted by atomic mass is 10.1. The minimum atomic E-state index is -4.36. The summed E-state index contributed by atoms with van der Waals surface area (Å²) in [5, 5.41) is 9.37. The molecule has 2 fully saturated rings. The molecule has 2 atom stereocenters. The van der Waals surface area contributed by atoms with Gasteiger partial charge in [0.1, 0.15) is 4.88 Å². The van der Waals surface area contributed by atoms with E-state index in [2.05, 4.69) is 9.88 Å². The molecular weight excluding hydrogens is 369 g/mol. The zero-order chi connectivity index (χ0) is 18.5. The fourth-order valence-electron chi connectivity index (χ4n) is 3.64. The molecule has 2 saturated heterocycles. The van der Waals surface area contributed by atoms with Crippen LogP contribution in [0, 0.1) is 0 Å². The highest BCUT2D eigenvalue weighted by molar-refractivity contribution is 7.17. The Hall–Kier alpha value is -2.33. The van der Waals surface area contributed by atoms with E-state index in [0.717, 1.165) is 12.5 Å². The molecule has 10 heteroatoms. The summed E-state index contributed by atoms with van der Waals surface area (Å²) in [5.41, 5.74) is 1.51. The number of carbonyl (C=O) groups excluding carboxylic acids is 1. The molecule has 26 heavy (non-hydrogen) atoms. The van der Waals surface area contributed by atoms with Crippen LogP contribution < -0.4 is 15.3 Å². The Bertz CT molecular complexity index is 841. The Morgan fingerprint density at radius 2 is 2.00 bits per heavy atom. The molecular formula is C16H15F3N4O2S. The second-order valence-electron chi connectivity index (χ2n) is 6.34. The number of thiazole rings is 1. The van der Waals surface area contributed by atoms with Crippen LogP contribution in [0.5, 0.6) is 0 Å². The number of nitrogens with one attached hydrogen (secondary N) is 1. The molecule has 2 aromatic rings. The van der Waals surface area contributed by atoms with Crippen molar-refractivity contribution < 1.29 is 23.2 Å². The van der Waals surface area contributed by atoms with Crippen LogP contribution in [0.4, 0.5) is 24.0 Å². The minimum Gasteiger partial charge on any atom is -0.365 e. The van der Waals surface area contributed by atoms with Gasteiger partial charge in [0, 0.05) is 24.8 Å². The lowest BCUT2D eigenvalue weighted by Gasteiger charge is -2.35. The Morgan fingerprint density at radius 1 is 1.27 bits per heavy atom. The van der Waals surface area contributed by atoms with E-state index in [9.17, 15) is 18.0 Å². The van der Waals surface area contributed by atoms with E-state index in [0.29, 0.717) is 28.8 Å². The number of nitrogens with zero attached hydrogens (tertiary/aromatic N) is 3. The summed E-state index contributed by atoms with van der Waals surface area (Å²) in [6.45, 7) is 1.24. The number of amides is 1. The number of rotatable bonds is 3. The molecule has 1 amide bonds. The van der Waals surface area contributed by atoms with Gasteiger partial charge in [-0.25, -0.2) is 10.5 Å². The molecule has 0 spiro atoms. The van der Waals surface area contributed by atoms with Crippen molar-refractivity contribution in [1.29, 1.82) is 0 Å². The van der Waals surface area contributed by atoms with Gasteiger partial charge in [-0.3, -0.25) is 10.0 Å². The third-order valence-electron chi connectivity index (χ3n) is 4.81. The summed E-state index contributed by atoms with van der Waals surface area (Å²) in [6, 6.07) is 5.63. The van der Waals surface area contributed by atoms with Gasteiger partial charge in [-0.15, -0.1) is 0 Å². The molecule has 2 aliphatic heterocycles. The number of hydroxylamine groups is 1. The number of fused-ring (bicyclic) bond motifs is 2. The predicted molar refractivity (Wildman–Crippen MR) is 89.7 cm³/mol. The van der Waals surface area contributed by atoms with E-state index in [1.165, 1.54) is 29.7 Å². The summed E-state index contributed by atoms with van der Waals surface area (Å²) in [6.07, 6.45) is -2.12. The molecule has 4 rings (SSSR count). The molecule has 0 unspecified atom stereocenters. The van der Waals surface area contributed by atoms with Crippen LogP contribution >= 0.6 is 11.3 Å². The van der Waals surface area contributed by atoms with Gasteiger partial charge in [-0.1, -0.05) is 17.4 Å². The number of hydrogen-bond donors (Lipinski definition) is 2. The van der Waals surface area contributed by atoms with E-state index < -0.39 is 17.6 Å². The van der Waals surface area contributed by atoms with Crippen molar-refractivity contribution in [2.45, 2.75) is 24.7 Å². The number of hydrogen-bond acceptors (Lipinski definition) is 6. The molecule has 138 valence electrons. The van der Waals surface area contributed by atoms with E-state index in [1.54, 1.807) is 11.5 Å². The SMILES string of the molecule is O=C(NO)c1cnc(N2C[C@H]3C[C@@H]2CN3c2cccc(C(F)(F)F)c2)s1. The fourth-order valence-corrected chi connectivity index (χ4v) is 4.52. The van der Waals surface area contributed by atoms with Crippen molar-refractivity contribution in [2.75, 3.05) is 22.9 Å². The van der Waals surface area contributed by atoms with Crippen LogP contribution in [0.1, 0.15) is 21.7 Å². The normalized spacial score (nSPS) is 22.2. The Kier molecular flexibility index (Phi) is 4.03. The molecule has 1 aromatic carbocycles. The van der Waals surface area contributed by atoms with Gasteiger partial charge >= 0.3 is 6.18 Å². The Labute approximate surface area is 150 Å². The number of benzene rings is 1. The Morgan fingerprint density at radius 3 is 2.65 bits per heavy atom. The molecule has 0 radical (unpaired) electrons. The second-order valence-corrected chi connectivity index (χ2v) is 7.35. The third kappa shape index (κ3) is 2.88. The second kappa shape index (κ2) is 6.13. The highest BCUT2D eigenvalue weighted by Gasteiger charge is 2.44. The standard InChI is InChI=1S/C16H15F3N4O2S/c17-16(18,19)9-2-1-3-10(4-9)22-7-12-5-11(22)8-23(12)15-20-6-13(26-15)14(24)21-25/h1-4,6,11-12,25H,5,7-8H2,(H,21,24)/t11-,12-/m1/s1. The summed E-state index contributed by atoms with van der Waals surface area (Å²) >= 11 is 1.18. The quantitative estimate of drug-likeness (QED) is 0.629. The van der Waals surface area contributed by atoms with Gasteiger partial charge in [0.25, 0.3) is 5.91 Å². The first-order chi connectivity index (χ1) is 12.4. The summed E-state index contributed by atoms with van der Waals surface area (Å²) in [7, 11) is 0. The largest absolute Gasteiger partial charge is 0.416 e. The van der Waals surface area contributed by atoms with E-state index >= 15 is 0 Å². The van der Waals surface area contributed by atoms with E-state index in [-0.39, 0.29) is 12.1 Å². The first-order valence-corrected chi connectivity index (χ1v) is 8.79. The molecule has 2 N–H and O–H groups in total. The predicted octanol–water partition coefficient (Wildman–Crippen LogP) is 2.75. The van der Waals surface area contributed by atoms with E-state index in [1.807, 2.05) is 4.90 Å². The highest BCUT2D eigenvalue weighted by Crippen LogP contribution is 2.40. The van der Waals surface area contributed by atoms with Crippen molar-refractivity contribution in [3.63, 3.8) is 0 Å². The van der Waals surface area contributed by atoms with Crippen LogP contribution in [0.2, 0.25) is 0 Å². The van der Waals surface area contributed by atoms with Crippen molar-refractivity contribution in [3.05, 3.63) is 40.9 Å². The number of halogens is 3. The summed E-state index contributed by atoms with van der Waals surface area (Å²) < 4.78 is 38.8. The third-order valence-corrected chi connectivity index (χ3v) is 5.84. The minimum absolute atomic E-state index is 0.0995.